The second kappa shape index (κ2) is 8.48. The second-order valence-corrected chi connectivity index (χ2v) is 7.88. The second-order valence-electron chi connectivity index (χ2n) is 6.97. The molecule has 0 saturated heterocycles. The lowest BCUT2D eigenvalue weighted by Crippen LogP contribution is -2.11. The highest BCUT2D eigenvalue weighted by molar-refractivity contribution is 7.12. The van der Waals surface area contributed by atoms with E-state index < -0.39 is 0 Å². The van der Waals surface area contributed by atoms with Gasteiger partial charge in [0.15, 0.2) is 0 Å². The Labute approximate surface area is 170 Å². The van der Waals surface area contributed by atoms with Crippen LogP contribution in [0.15, 0.2) is 41.8 Å². The first-order valence-corrected chi connectivity index (χ1v) is 9.99. The van der Waals surface area contributed by atoms with Crippen LogP contribution in [0.5, 0.6) is 11.5 Å². The van der Waals surface area contributed by atoms with E-state index in [0.717, 1.165) is 22.4 Å². The molecule has 0 saturated carbocycles. The number of amides is 1. The first-order chi connectivity index (χ1) is 13.4. The summed E-state index contributed by atoms with van der Waals surface area (Å²) in [4.78, 5) is 13.3. The summed E-state index contributed by atoms with van der Waals surface area (Å²) in [6, 6.07) is 11.8. The lowest BCUT2D eigenvalue weighted by Gasteiger charge is -2.12. The van der Waals surface area contributed by atoms with Crippen LogP contribution < -0.4 is 14.8 Å². The molecule has 3 rings (SSSR count). The summed E-state index contributed by atoms with van der Waals surface area (Å²) in [5.41, 5.74) is 6.24. The molecule has 4 nitrogen and oxygen atoms in total. The van der Waals surface area contributed by atoms with Crippen molar-refractivity contribution in [3.63, 3.8) is 0 Å². The molecule has 0 spiro atoms. The Morgan fingerprint density at radius 3 is 2.54 bits per heavy atom. The van der Waals surface area contributed by atoms with Gasteiger partial charge in [0.1, 0.15) is 18.1 Å². The van der Waals surface area contributed by atoms with Crippen molar-refractivity contribution in [3.05, 3.63) is 74.5 Å². The molecule has 0 unspecified atom stereocenters. The van der Waals surface area contributed by atoms with Crippen molar-refractivity contribution in [3.8, 4) is 11.5 Å². The highest BCUT2D eigenvalue weighted by atomic mass is 32.1. The lowest BCUT2D eigenvalue weighted by atomic mass is 10.1. The molecule has 5 heteroatoms. The summed E-state index contributed by atoms with van der Waals surface area (Å²) < 4.78 is 11.3. The van der Waals surface area contributed by atoms with E-state index in [1.54, 1.807) is 7.11 Å². The minimum atomic E-state index is -0.150. The summed E-state index contributed by atoms with van der Waals surface area (Å²) in [5, 5.41) is 4.89. The zero-order chi connectivity index (χ0) is 20.3. The number of thiophene rings is 1. The molecule has 28 heavy (non-hydrogen) atoms. The van der Waals surface area contributed by atoms with Gasteiger partial charge < -0.3 is 14.8 Å². The third-order valence-corrected chi connectivity index (χ3v) is 5.62. The molecule has 2 aromatic carbocycles. The quantitative estimate of drug-likeness (QED) is 0.572. The number of carbonyl (C=O) groups is 1. The Morgan fingerprint density at radius 1 is 1.00 bits per heavy atom. The fourth-order valence-electron chi connectivity index (χ4n) is 2.99. The number of hydrogen-bond acceptors (Lipinski definition) is 4. The smallest absolute Gasteiger partial charge is 0.265 e. The number of methoxy groups -OCH3 is 1. The zero-order valence-electron chi connectivity index (χ0n) is 16.9. The topological polar surface area (TPSA) is 47.6 Å². The molecule has 1 heterocycles. The summed E-state index contributed by atoms with van der Waals surface area (Å²) >= 11 is 1.41. The van der Waals surface area contributed by atoms with Gasteiger partial charge in [-0.2, -0.15) is 0 Å². The van der Waals surface area contributed by atoms with Gasteiger partial charge in [0.2, 0.25) is 0 Å². The standard InChI is InChI=1S/C23H25NO3S/c1-14-6-7-20(26-5)19(9-14)24-23(25)22-11-18(13-28-22)12-27-21-10-15(2)8-16(3)17(21)4/h6-11,13H,12H2,1-5H3,(H,24,25). The van der Waals surface area contributed by atoms with Crippen LogP contribution in [-0.2, 0) is 6.61 Å². The maximum Gasteiger partial charge on any atom is 0.265 e. The largest absolute Gasteiger partial charge is 0.495 e. The van der Waals surface area contributed by atoms with Crippen molar-refractivity contribution in [1.82, 2.24) is 0 Å². The van der Waals surface area contributed by atoms with Gasteiger partial charge >= 0.3 is 0 Å². The minimum absolute atomic E-state index is 0.150. The molecule has 1 aromatic heterocycles. The molecule has 0 bridgehead atoms. The van der Waals surface area contributed by atoms with Crippen molar-refractivity contribution < 1.29 is 14.3 Å². The molecular weight excluding hydrogens is 370 g/mol. The van der Waals surface area contributed by atoms with E-state index >= 15 is 0 Å². The number of benzene rings is 2. The predicted octanol–water partition coefficient (Wildman–Crippen LogP) is 5.82. The molecule has 3 aromatic rings. The van der Waals surface area contributed by atoms with Crippen molar-refractivity contribution in [2.24, 2.45) is 0 Å². The van der Waals surface area contributed by atoms with E-state index in [4.69, 9.17) is 9.47 Å². The van der Waals surface area contributed by atoms with E-state index in [1.165, 1.54) is 22.5 Å². The third kappa shape index (κ3) is 4.54. The predicted molar refractivity (Wildman–Crippen MR) is 115 cm³/mol. The van der Waals surface area contributed by atoms with Gasteiger partial charge in [-0.3, -0.25) is 4.79 Å². The molecule has 0 radical (unpaired) electrons. The van der Waals surface area contributed by atoms with Crippen LogP contribution in [0.1, 0.15) is 37.5 Å². The summed E-state index contributed by atoms with van der Waals surface area (Å²) in [6.07, 6.45) is 0. The van der Waals surface area contributed by atoms with Crippen molar-refractivity contribution in [1.29, 1.82) is 0 Å². The maximum absolute atomic E-state index is 12.6. The van der Waals surface area contributed by atoms with Gasteiger partial charge in [0.25, 0.3) is 5.91 Å². The van der Waals surface area contributed by atoms with Gasteiger partial charge in [-0.25, -0.2) is 0 Å². The summed E-state index contributed by atoms with van der Waals surface area (Å²) in [5.74, 6) is 1.38. The third-order valence-electron chi connectivity index (χ3n) is 4.64. The molecule has 1 amide bonds. The average molecular weight is 396 g/mol. The molecule has 0 aliphatic rings. The van der Waals surface area contributed by atoms with Gasteiger partial charge in [0, 0.05) is 5.56 Å². The highest BCUT2D eigenvalue weighted by Gasteiger charge is 2.13. The van der Waals surface area contributed by atoms with Crippen LogP contribution in [0.2, 0.25) is 0 Å². The molecule has 1 N–H and O–H groups in total. The Bertz CT molecular complexity index is 1010. The van der Waals surface area contributed by atoms with E-state index in [9.17, 15) is 4.79 Å². The van der Waals surface area contributed by atoms with Gasteiger partial charge in [0.05, 0.1) is 17.7 Å². The fraction of sp³-hybridized carbons (Fsp3) is 0.261. The van der Waals surface area contributed by atoms with Crippen LogP contribution in [0.25, 0.3) is 0 Å². The van der Waals surface area contributed by atoms with E-state index in [2.05, 4.69) is 32.2 Å². The van der Waals surface area contributed by atoms with Crippen LogP contribution in [0.4, 0.5) is 5.69 Å². The summed E-state index contributed by atoms with van der Waals surface area (Å²) in [7, 11) is 1.59. The molecule has 0 atom stereocenters. The van der Waals surface area contributed by atoms with Crippen LogP contribution in [0, 0.1) is 27.7 Å². The molecular formula is C23H25NO3S. The van der Waals surface area contributed by atoms with Gasteiger partial charge in [-0.05, 0) is 79.6 Å². The Hall–Kier alpha value is -2.79. The van der Waals surface area contributed by atoms with Crippen molar-refractivity contribution >= 4 is 22.9 Å². The lowest BCUT2D eigenvalue weighted by molar-refractivity contribution is 0.103. The average Bonchev–Trinajstić information content (AvgIpc) is 3.13. The van der Waals surface area contributed by atoms with Crippen molar-refractivity contribution in [2.75, 3.05) is 12.4 Å². The molecule has 0 aliphatic heterocycles. The normalized spacial score (nSPS) is 10.6. The van der Waals surface area contributed by atoms with E-state index in [1.807, 2.05) is 42.6 Å². The fourth-order valence-corrected chi connectivity index (χ4v) is 3.78. The Kier molecular flexibility index (Phi) is 6.05. The van der Waals surface area contributed by atoms with Crippen LogP contribution in [0.3, 0.4) is 0 Å². The number of hydrogen-bond donors (Lipinski definition) is 1. The Morgan fingerprint density at radius 2 is 1.79 bits per heavy atom. The summed E-state index contributed by atoms with van der Waals surface area (Å²) in [6.45, 7) is 8.62. The zero-order valence-corrected chi connectivity index (χ0v) is 17.7. The molecule has 0 aliphatic carbocycles. The number of aryl methyl sites for hydroxylation is 3. The number of ether oxygens (including phenoxy) is 2. The minimum Gasteiger partial charge on any atom is -0.495 e. The first-order valence-electron chi connectivity index (χ1n) is 9.11. The van der Waals surface area contributed by atoms with Gasteiger partial charge in [-0.15, -0.1) is 11.3 Å². The van der Waals surface area contributed by atoms with Crippen molar-refractivity contribution in [2.45, 2.75) is 34.3 Å². The number of carbonyl (C=O) groups excluding carboxylic acids is 1. The van der Waals surface area contributed by atoms with E-state index in [0.29, 0.717) is 22.9 Å². The Balaban J connectivity index is 1.69. The van der Waals surface area contributed by atoms with Gasteiger partial charge in [-0.1, -0.05) is 12.1 Å². The molecule has 146 valence electrons. The monoisotopic (exact) mass is 395 g/mol. The first kappa shape index (κ1) is 20.0. The number of rotatable bonds is 6. The van der Waals surface area contributed by atoms with E-state index in [-0.39, 0.29) is 5.91 Å². The highest BCUT2D eigenvalue weighted by Crippen LogP contribution is 2.28. The maximum atomic E-state index is 12.6. The number of nitrogens with one attached hydrogen (secondary N) is 1. The SMILES string of the molecule is COc1ccc(C)cc1NC(=O)c1cc(COc2cc(C)cc(C)c2C)cs1. The van der Waals surface area contributed by atoms with Crippen LogP contribution >= 0.6 is 11.3 Å². The van der Waals surface area contributed by atoms with Crippen LogP contribution in [-0.4, -0.2) is 13.0 Å². The molecule has 0 fully saturated rings. The number of anilines is 1.